The van der Waals surface area contributed by atoms with Gasteiger partial charge >= 0.3 is 0 Å². The lowest BCUT2D eigenvalue weighted by Crippen LogP contribution is -2.26. The second-order valence-corrected chi connectivity index (χ2v) is 5.04. The van der Waals surface area contributed by atoms with Crippen LogP contribution in [0.5, 0.6) is 0 Å². The predicted octanol–water partition coefficient (Wildman–Crippen LogP) is 0.892. The summed E-state index contributed by atoms with van der Waals surface area (Å²) in [5.74, 6) is 0. The highest BCUT2D eigenvalue weighted by molar-refractivity contribution is 8.93. The van der Waals surface area contributed by atoms with Crippen molar-refractivity contribution in [1.29, 1.82) is 0 Å². The van der Waals surface area contributed by atoms with Crippen LogP contribution in [0.15, 0.2) is 29.2 Å². The summed E-state index contributed by atoms with van der Waals surface area (Å²) in [6, 6.07) is 6.81. The van der Waals surface area contributed by atoms with Gasteiger partial charge in [0.1, 0.15) is 0 Å². The van der Waals surface area contributed by atoms with Crippen molar-refractivity contribution >= 4 is 26.8 Å². The minimum Gasteiger partial charge on any atom is -0.261 e. The van der Waals surface area contributed by atoms with Crippen molar-refractivity contribution < 1.29 is 8.42 Å². The number of sulfone groups is 1. The summed E-state index contributed by atoms with van der Waals surface area (Å²) in [7, 11) is -1.29. The molecule has 0 aromatic heterocycles. The minimum atomic E-state index is -3.08. The quantitative estimate of drug-likeness (QED) is 0.810. The molecule has 1 aromatic carbocycles. The van der Waals surface area contributed by atoms with Crippen LogP contribution in [-0.2, 0) is 16.4 Å². The molecule has 0 spiro atoms. The number of halogens is 1. The van der Waals surface area contributed by atoms with E-state index in [9.17, 15) is 8.42 Å². The van der Waals surface area contributed by atoms with E-state index < -0.39 is 9.84 Å². The molecule has 0 aliphatic rings. The molecule has 6 heteroatoms. The second-order valence-electron chi connectivity index (χ2n) is 3.02. The normalized spacial score (nSPS) is 10.8. The third-order valence-corrected chi connectivity index (χ3v) is 2.95. The Balaban J connectivity index is 0.00000196. The summed E-state index contributed by atoms with van der Waals surface area (Å²) in [5, 5.41) is 0. The van der Waals surface area contributed by atoms with Crippen LogP contribution in [-0.4, -0.2) is 21.7 Å². The van der Waals surface area contributed by atoms with Crippen LogP contribution in [0.4, 0.5) is 0 Å². The molecule has 0 aliphatic heterocycles. The van der Waals surface area contributed by atoms with Gasteiger partial charge in [-0.15, -0.1) is 17.0 Å². The summed E-state index contributed by atoms with van der Waals surface area (Å²) < 4.78 is 22.3. The molecule has 1 rings (SSSR count). The smallest absolute Gasteiger partial charge is 0.175 e. The molecule has 0 radical (unpaired) electrons. The van der Waals surface area contributed by atoms with E-state index in [-0.39, 0.29) is 17.0 Å². The number of nitrogens with one attached hydrogen (secondary N) is 2. The maximum atomic E-state index is 11.1. The number of benzene rings is 1. The Kier molecular flexibility index (Phi) is 6.04. The SMILES string of the molecule is Br.CNNCc1ccc(S(C)(=O)=O)cc1. The molecule has 0 atom stereocenters. The third-order valence-electron chi connectivity index (χ3n) is 1.82. The Morgan fingerprint density at radius 3 is 2.13 bits per heavy atom. The van der Waals surface area contributed by atoms with Crippen LogP contribution in [0.25, 0.3) is 0 Å². The lowest BCUT2D eigenvalue weighted by Gasteiger charge is -2.03. The van der Waals surface area contributed by atoms with Crippen molar-refractivity contribution in [1.82, 2.24) is 10.9 Å². The molecule has 0 fully saturated rings. The molecular weight excluding hydrogens is 280 g/mol. The minimum absolute atomic E-state index is 0. The van der Waals surface area contributed by atoms with E-state index in [1.54, 1.807) is 31.3 Å². The van der Waals surface area contributed by atoms with Gasteiger partial charge < -0.3 is 0 Å². The van der Waals surface area contributed by atoms with E-state index in [4.69, 9.17) is 0 Å². The average molecular weight is 295 g/mol. The molecule has 0 aliphatic carbocycles. The van der Waals surface area contributed by atoms with Gasteiger partial charge in [-0.2, -0.15) is 0 Å². The van der Waals surface area contributed by atoms with Crippen molar-refractivity contribution in [2.75, 3.05) is 13.3 Å². The Labute approximate surface area is 101 Å². The van der Waals surface area contributed by atoms with Crippen LogP contribution >= 0.6 is 17.0 Å². The van der Waals surface area contributed by atoms with Crippen LogP contribution < -0.4 is 10.9 Å². The predicted molar refractivity (Wildman–Crippen MR) is 65.8 cm³/mol. The monoisotopic (exact) mass is 294 g/mol. The maximum absolute atomic E-state index is 11.1. The van der Waals surface area contributed by atoms with Crippen molar-refractivity contribution in [3.8, 4) is 0 Å². The van der Waals surface area contributed by atoms with Gasteiger partial charge in [-0.3, -0.25) is 10.9 Å². The number of hydrogen-bond donors (Lipinski definition) is 2. The molecule has 0 bridgehead atoms. The Bertz CT molecular complexity index is 389. The lowest BCUT2D eigenvalue weighted by molar-refractivity contribution is 0.595. The summed E-state index contributed by atoms with van der Waals surface area (Å²) in [5.41, 5.74) is 6.75. The van der Waals surface area contributed by atoms with Gasteiger partial charge in [-0.05, 0) is 24.7 Å². The van der Waals surface area contributed by atoms with Crippen LogP contribution in [0, 0.1) is 0 Å². The molecule has 86 valence electrons. The number of hydrazine groups is 1. The van der Waals surface area contributed by atoms with E-state index in [0.717, 1.165) is 5.56 Å². The van der Waals surface area contributed by atoms with Gasteiger partial charge in [0.15, 0.2) is 9.84 Å². The third kappa shape index (κ3) is 4.74. The number of hydrogen-bond acceptors (Lipinski definition) is 4. The van der Waals surface area contributed by atoms with Crippen molar-refractivity contribution in [2.45, 2.75) is 11.4 Å². The van der Waals surface area contributed by atoms with Crippen molar-refractivity contribution in [2.24, 2.45) is 0 Å². The first-order valence-corrected chi connectivity index (χ1v) is 6.12. The summed E-state index contributed by atoms with van der Waals surface area (Å²) in [4.78, 5) is 0.353. The first kappa shape index (κ1) is 14.6. The molecule has 15 heavy (non-hydrogen) atoms. The maximum Gasteiger partial charge on any atom is 0.175 e. The molecule has 4 nitrogen and oxygen atoms in total. The molecule has 2 N–H and O–H groups in total. The van der Waals surface area contributed by atoms with E-state index >= 15 is 0 Å². The fourth-order valence-corrected chi connectivity index (χ4v) is 1.68. The molecule has 0 heterocycles. The van der Waals surface area contributed by atoms with Gasteiger partial charge in [-0.1, -0.05) is 12.1 Å². The molecule has 0 saturated heterocycles. The molecular formula is C9H15BrN2O2S. The van der Waals surface area contributed by atoms with Crippen molar-refractivity contribution in [3.63, 3.8) is 0 Å². The Hall–Kier alpha value is -0.430. The van der Waals surface area contributed by atoms with E-state index in [1.807, 2.05) is 0 Å². The van der Waals surface area contributed by atoms with E-state index in [0.29, 0.717) is 11.4 Å². The first-order valence-electron chi connectivity index (χ1n) is 4.22. The summed E-state index contributed by atoms with van der Waals surface area (Å²) in [6.07, 6.45) is 1.20. The van der Waals surface area contributed by atoms with Gasteiger partial charge in [0.25, 0.3) is 0 Å². The Morgan fingerprint density at radius 1 is 1.20 bits per heavy atom. The summed E-state index contributed by atoms with van der Waals surface area (Å²) in [6.45, 7) is 0.667. The molecule has 0 saturated carbocycles. The lowest BCUT2D eigenvalue weighted by atomic mass is 10.2. The van der Waals surface area contributed by atoms with E-state index in [1.165, 1.54) is 6.26 Å². The van der Waals surface area contributed by atoms with Crippen LogP contribution in [0.3, 0.4) is 0 Å². The van der Waals surface area contributed by atoms with Gasteiger partial charge in [0, 0.05) is 12.8 Å². The molecule has 0 amide bonds. The van der Waals surface area contributed by atoms with Crippen LogP contribution in [0.2, 0.25) is 0 Å². The highest BCUT2D eigenvalue weighted by Gasteiger charge is 2.05. The second kappa shape index (κ2) is 6.22. The zero-order chi connectivity index (χ0) is 10.6. The van der Waals surface area contributed by atoms with E-state index in [2.05, 4.69) is 10.9 Å². The summed E-state index contributed by atoms with van der Waals surface area (Å²) >= 11 is 0. The average Bonchev–Trinajstić information content (AvgIpc) is 2.14. The molecule has 0 unspecified atom stereocenters. The highest BCUT2D eigenvalue weighted by atomic mass is 79.9. The van der Waals surface area contributed by atoms with Gasteiger partial charge in [0.2, 0.25) is 0 Å². The highest BCUT2D eigenvalue weighted by Crippen LogP contribution is 2.09. The molecule has 1 aromatic rings. The zero-order valence-corrected chi connectivity index (χ0v) is 11.2. The fourth-order valence-electron chi connectivity index (χ4n) is 1.04. The van der Waals surface area contributed by atoms with Crippen molar-refractivity contribution in [3.05, 3.63) is 29.8 Å². The van der Waals surface area contributed by atoms with Gasteiger partial charge in [0.05, 0.1) is 4.90 Å². The van der Waals surface area contributed by atoms with Crippen LogP contribution in [0.1, 0.15) is 5.56 Å². The number of rotatable bonds is 4. The fraction of sp³-hybridized carbons (Fsp3) is 0.333. The van der Waals surface area contributed by atoms with Gasteiger partial charge in [-0.25, -0.2) is 8.42 Å². The largest absolute Gasteiger partial charge is 0.261 e. The standard InChI is InChI=1S/C9H14N2O2S.BrH/c1-10-11-7-8-3-5-9(6-4-8)14(2,12)13;/h3-6,10-11H,7H2,1-2H3;1H. The zero-order valence-electron chi connectivity index (χ0n) is 8.65. The first-order chi connectivity index (χ1) is 6.54. The Morgan fingerprint density at radius 2 is 1.73 bits per heavy atom. The topological polar surface area (TPSA) is 58.2 Å².